The molecular weight excluding hydrogens is 283 g/mol. The molecule has 0 radical (unpaired) electrons. The highest BCUT2D eigenvalue weighted by atomic mass is 19.3. The van der Waals surface area contributed by atoms with Crippen LogP contribution in [0.1, 0.15) is 17.9 Å². The van der Waals surface area contributed by atoms with Crippen molar-refractivity contribution < 1.29 is 18.0 Å². The summed E-state index contributed by atoms with van der Waals surface area (Å²) in [6, 6.07) is 5.71. The zero-order valence-electron chi connectivity index (χ0n) is 11.3. The monoisotopic (exact) mass is 297 g/mol. The number of carbonyl (C=O) groups excluding carboxylic acids is 1. The standard InChI is InChI=1S/C14H14F3N3O/c1-19(9-12-18-5-6-20(12)14(16)17)13(21)8-10-3-2-4-11(15)7-10/h2-7,14H,8-9H2,1H3. The predicted molar refractivity (Wildman–Crippen MR) is 70.1 cm³/mol. The molecule has 0 aliphatic carbocycles. The predicted octanol–water partition coefficient (Wildman–Crippen LogP) is 2.62. The van der Waals surface area contributed by atoms with Crippen LogP contribution in [-0.2, 0) is 17.8 Å². The van der Waals surface area contributed by atoms with Gasteiger partial charge in [0.05, 0.1) is 13.0 Å². The number of nitrogens with zero attached hydrogens (tertiary/aromatic N) is 3. The minimum absolute atomic E-state index is 0.00362. The van der Waals surface area contributed by atoms with Gasteiger partial charge in [-0.05, 0) is 17.7 Å². The molecule has 0 saturated heterocycles. The highest BCUT2D eigenvalue weighted by Gasteiger charge is 2.16. The van der Waals surface area contributed by atoms with Crippen LogP contribution in [0.5, 0.6) is 0 Å². The Morgan fingerprint density at radius 1 is 1.43 bits per heavy atom. The zero-order valence-corrected chi connectivity index (χ0v) is 11.3. The van der Waals surface area contributed by atoms with Crippen LogP contribution in [0, 0.1) is 5.82 Å². The first kappa shape index (κ1) is 15.1. The van der Waals surface area contributed by atoms with Crippen molar-refractivity contribution in [3.05, 3.63) is 53.9 Å². The Kier molecular flexibility index (Phi) is 4.62. The van der Waals surface area contributed by atoms with E-state index in [0.29, 0.717) is 10.1 Å². The molecular formula is C14H14F3N3O. The molecule has 1 aromatic heterocycles. The van der Waals surface area contributed by atoms with E-state index in [1.807, 2.05) is 0 Å². The highest BCUT2D eigenvalue weighted by Crippen LogP contribution is 2.14. The number of alkyl halides is 2. The van der Waals surface area contributed by atoms with Crippen LogP contribution in [-0.4, -0.2) is 27.4 Å². The molecule has 0 saturated carbocycles. The van der Waals surface area contributed by atoms with Crippen molar-refractivity contribution in [1.82, 2.24) is 14.5 Å². The Morgan fingerprint density at radius 3 is 2.86 bits per heavy atom. The van der Waals surface area contributed by atoms with Gasteiger partial charge in [-0.15, -0.1) is 0 Å². The number of rotatable bonds is 5. The van der Waals surface area contributed by atoms with Crippen molar-refractivity contribution >= 4 is 5.91 Å². The number of benzene rings is 1. The van der Waals surface area contributed by atoms with Gasteiger partial charge in [-0.2, -0.15) is 8.78 Å². The molecule has 0 bridgehead atoms. The molecule has 2 rings (SSSR count). The van der Waals surface area contributed by atoms with Gasteiger partial charge >= 0.3 is 6.55 Å². The third-order valence-electron chi connectivity index (χ3n) is 3.01. The molecule has 1 amide bonds. The maximum atomic E-state index is 13.0. The summed E-state index contributed by atoms with van der Waals surface area (Å²) in [5, 5.41) is 0. The fourth-order valence-corrected chi connectivity index (χ4v) is 1.90. The van der Waals surface area contributed by atoms with Crippen LogP contribution < -0.4 is 0 Å². The molecule has 4 nitrogen and oxygen atoms in total. The second-order valence-corrected chi connectivity index (χ2v) is 4.58. The Balaban J connectivity index is 2.01. The number of amides is 1. The van der Waals surface area contributed by atoms with Crippen molar-refractivity contribution in [2.24, 2.45) is 0 Å². The van der Waals surface area contributed by atoms with Crippen molar-refractivity contribution in [3.63, 3.8) is 0 Å². The maximum absolute atomic E-state index is 13.0. The van der Waals surface area contributed by atoms with E-state index in [2.05, 4.69) is 4.98 Å². The van der Waals surface area contributed by atoms with E-state index in [9.17, 15) is 18.0 Å². The van der Waals surface area contributed by atoms with E-state index in [0.717, 1.165) is 6.20 Å². The lowest BCUT2D eigenvalue weighted by atomic mass is 10.1. The normalized spacial score (nSPS) is 10.9. The molecule has 0 spiro atoms. The number of aromatic nitrogens is 2. The molecule has 21 heavy (non-hydrogen) atoms. The largest absolute Gasteiger partial charge is 0.338 e. The maximum Gasteiger partial charge on any atom is 0.319 e. The number of likely N-dealkylation sites (N-methyl/N-ethyl adjacent to an activating group) is 1. The topological polar surface area (TPSA) is 38.1 Å². The number of imidazole rings is 1. The van der Waals surface area contributed by atoms with Crippen LogP contribution in [0.15, 0.2) is 36.7 Å². The van der Waals surface area contributed by atoms with Crippen LogP contribution in [0.4, 0.5) is 13.2 Å². The van der Waals surface area contributed by atoms with Crippen molar-refractivity contribution in [2.45, 2.75) is 19.5 Å². The van der Waals surface area contributed by atoms with Gasteiger partial charge in [0, 0.05) is 19.4 Å². The van der Waals surface area contributed by atoms with Gasteiger partial charge in [0.2, 0.25) is 5.91 Å². The van der Waals surface area contributed by atoms with Crippen molar-refractivity contribution in [1.29, 1.82) is 0 Å². The number of hydrogen-bond donors (Lipinski definition) is 0. The molecule has 1 aromatic carbocycles. The van der Waals surface area contributed by atoms with Gasteiger partial charge in [-0.1, -0.05) is 12.1 Å². The lowest BCUT2D eigenvalue weighted by Crippen LogP contribution is -2.29. The van der Waals surface area contributed by atoms with E-state index in [1.54, 1.807) is 6.07 Å². The summed E-state index contributed by atoms with van der Waals surface area (Å²) in [5.41, 5.74) is 0.532. The van der Waals surface area contributed by atoms with Crippen molar-refractivity contribution in [3.8, 4) is 0 Å². The molecule has 0 aliphatic rings. The summed E-state index contributed by atoms with van der Waals surface area (Å²) in [5.74, 6) is -0.624. The first-order chi connectivity index (χ1) is 9.97. The Hall–Kier alpha value is -2.31. The SMILES string of the molecule is CN(Cc1nccn1C(F)F)C(=O)Cc1cccc(F)c1. The van der Waals surface area contributed by atoms with Gasteiger partial charge in [-0.25, -0.2) is 9.37 Å². The fourth-order valence-electron chi connectivity index (χ4n) is 1.90. The molecule has 0 fully saturated rings. The van der Waals surface area contributed by atoms with E-state index >= 15 is 0 Å². The summed E-state index contributed by atoms with van der Waals surface area (Å²) in [4.78, 5) is 17.1. The van der Waals surface area contributed by atoms with E-state index in [1.165, 1.54) is 36.3 Å². The third-order valence-corrected chi connectivity index (χ3v) is 3.01. The molecule has 1 heterocycles. The summed E-state index contributed by atoms with van der Waals surface area (Å²) in [7, 11) is 1.49. The van der Waals surface area contributed by atoms with Crippen LogP contribution in [0.25, 0.3) is 0 Å². The molecule has 0 atom stereocenters. The number of hydrogen-bond acceptors (Lipinski definition) is 2. The molecule has 7 heteroatoms. The van der Waals surface area contributed by atoms with Crippen LogP contribution >= 0.6 is 0 Å². The first-order valence-corrected chi connectivity index (χ1v) is 6.25. The Bertz CT molecular complexity index is 627. The lowest BCUT2D eigenvalue weighted by molar-refractivity contribution is -0.129. The van der Waals surface area contributed by atoms with Crippen LogP contribution in [0.3, 0.4) is 0 Å². The minimum atomic E-state index is -2.70. The third kappa shape index (κ3) is 3.84. The van der Waals surface area contributed by atoms with Gasteiger partial charge in [0.25, 0.3) is 0 Å². The summed E-state index contributed by atoms with van der Waals surface area (Å²) in [6.07, 6.45) is 2.42. The second-order valence-electron chi connectivity index (χ2n) is 4.58. The van der Waals surface area contributed by atoms with Gasteiger partial charge < -0.3 is 4.90 Å². The Labute approximate surface area is 119 Å². The molecule has 0 aliphatic heterocycles. The summed E-state index contributed by atoms with van der Waals surface area (Å²) >= 11 is 0. The number of halogens is 3. The number of carbonyl (C=O) groups is 1. The van der Waals surface area contributed by atoms with E-state index < -0.39 is 12.4 Å². The van der Waals surface area contributed by atoms with Gasteiger partial charge in [0.1, 0.15) is 11.6 Å². The molecule has 0 N–H and O–H groups in total. The minimum Gasteiger partial charge on any atom is -0.338 e. The fraction of sp³-hybridized carbons (Fsp3) is 0.286. The smallest absolute Gasteiger partial charge is 0.319 e. The average molecular weight is 297 g/mol. The van der Waals surface area contributed by atoms with Gasteiger partial charge in [-0.3, -0.25) is 9.36 Å². The summed E-state index contributed by atoms with van der Waals surface area (Å²) in [6.45, 7) is -2.74. The van der Waals surface area contributed by atoms with Crippen LogP contribution in [0.2, 0.25) is 0 Å². The second kappa shape index (κ2) is 6.43. The highest BCUT2D eigenvalue weighted by molar-refractivity contribution is 5.78. The quantitative estimate of drug-likeness (QED) is 0.851. The first-order valence-electron chi connectivity index (χ1n) is 6.25. The molecule has 112 valence electrons. The lowest BCUT2D eigenvalue weighted by Gasteiger charge is -2.17. The molecule has 0 unspecified atom stereocenters. The Morgan fingerprint density at radius 2 is 2.19 bits per heavy atom. The summed E-state index contributed by atoms with van der Waals surface area (Å²) < 4.78 is 39.1. The zero-order chi connectivity index (χ0) is 15.4. The van der Waals surface area contributed by atoms with Gasteiger partial charge in [0.15, 0.2) is 0 Å². The van der Waals surface area contributed by atoms with E-state index in [4.69, 9.17) is 0 Å². The average Bonchev–Trinajstić information content (AvgIpc) is 2.87. The van der Waals surface area contributed by atoms with Crippen molar-refractivity contribution in [2.75, 3.05) is 7.05 Å². The van der Waals surface area contributed by atoms with E-state index in [-0.39, 0.29) is 24.7 Å². The molecule has 2 aromatic rings.